The van der Waals surface area contributed by atoms with Crippen LogP contribution in [0.4, 0.5) is 4.39 Å². The van der Waals surface area contributed by atoms with Gasteiger partial charge in [-0.3, -0.25) is 0 Å². The van der Waals surface area contributed by atoms with E-state index in [1.54, 1.807) is 28.9 Å². The SMILES string of the molecule is CC1(C)OC2=C(C(=O)C(=O)c3ccccc32)C1Cn1cc(C[Se]c2ccc(F)cc2)nn1. The monoisotopic (exact) mass is 497 g/mol. The second-order valence-corrected chi connectivity index (χ2v) is 10.6. The zero-order valence-electron chi connectivity index (χ0n) is 17.5. The van der Waals surface area contributed by atoms with Crippen LogP contribution in [0.5, 0.6) is 0 Å². The van der Waals surface area contributed by atoms with E-state index in [-0.39, 0.29) is 26.7 Å². The maximum atomic E-state index is 13.1. The van der Waals surface area contributed by atoms with Crippen LogP contribution in [0.25, 0.3) is 5.76 Å². The third kappa shape index (κ3) is 3.59. The minimum atomic E-state index is -0.678. The van der Waals surface area contributed by atoms with Crippen molar-refractivity contribution in [3.8, 4) is 0 Å². The Morgan fingerprint density at radius 3 is 2.53 bits per heavy atom. The number of rotatable bonds is 5. The molecule has 2 aliphatic rings. The molecular formula is C24H20FN3O3Se. The van der Waals surface area contributed by atoms with Crippen molar-refractivity contribution in [2.24, 2.45) is 5.92 Å². The summed E-state index contributed by atoms with van der Waals surface area (Å²) in [7, 11) is 0. The van der Waals surface area contributed by atoms with Crippen LogP contribution in [0.3, 0.4) is 0 Å². The van der Waals surface area contributed by atoms with Crippen LogP contribution in [0.2, 0.25) is 0 Å². The normalized spacial score (nSPS) is 19.0. The van der Waals surface area contributed by atoms with Crippen LogP contribution in [0, 0.1) is 11.7 Å². The van der Waals surface area contributed by atoms with E-state index in [1.165, 1.54) is 12.1 Å². The van der Waals surface area contributed by atoms with E-state index in [4.69, 9.17) is 4.74 Å². The molecule has 0 N–H and O–H groups in total. The van der Waals surface area contributed by atoms with Crippen molar-refractivity contribution in [1.29, 1.82) is 0 Å². The van der Waals surface area contributed by atoms with E-state index in [1.807, 2.05) is 32.2 Å². The van der Waals surface area contributed by atoms with Crippen LogP contribution in [-0.2, 0) is 21.4 Å². The van der Waals surface area contributed by atoms with Gasteiger partial charge in [0.25, 0.3) is 0 Å². The van der Waals surface area contributed by atoms with Gasteiger partial charge in [-0.15, -0.1) is 0 Å². The van der Waals surface area contributed by atoms with Crippen LogP contribution in [0.15, 0.2) is 60.3 Å². The number of nitrogens with zero attached hydrogens (tertiary/aromatic N) is 3. The molecule has 1 aliphatic carbocycles. The van der Waals surface area contributed by atoms with Crippen molar-refractivity contribution in [3.63, 3.8) is 0 Å². The Balaban J connectivity index is 1.38. The maximum absolute atomic E-state index is 13.1. The number of ketones is 2. The molecule has 5 rings (SSSR count). The number of benzene rings is 2. The Labute approximate surface area is 190 Å². The molecule has 1 unspecified atom stereocenters. The quantitative estimate of drug-likeness (QED) is 0.401. The average molecular weight is 496 g/mol. The first kappa shape index (κ1) is 20.8. The number of halogens is 1. The van der Waals surface area contributed by atoms with E-state index >= 15 is 0 Å². The molecule has 1 aromatic heterocycles. The van der Waals surface area contributed by atoms with Gasteiger partial charge in [-0.1, -0.05) is 0 Å². The third-order valence-electron chi connectivity index (χ3n) is 5.82. The summed E-state index contributed by atoms with van der Waals surface area (Å²) in [6.07, 6.45) is 1.86. The van der Waals surface area contributed by atoms with Crippen molar-refractivity contribution in [1.82, 2.24) is 15.0 Å². The Kier molecular flexibility index (Phi) is 5.07. The summed E-state index contributed by atoms with van der Waals surface area (Å²) >= 11 is 0.107. The van der Waals surface area contributed by atoms with Gasteiger partial charge >= 0.3 is 191 Å². The van der Waals surface area contributed by atoms with Gasteiger partial charge in [-0.25, -0.2) is 0 Å². The molecule has 0 bridgehead atoms. The molecule has 8 heteroatoms. The minimum absolute atomic E-state index is 0.107. The average Bonchev–Trinajstić information content (AvgIpc) is 3.34. The number of ether oxygens (including phenoxy) is 1. The number of Topliss-reactive ketones (excluding diaryl/α,β-unsaturated/α-hetero) is 2. The Hall–Kier alpha value is -3.09. The number of carbonyl (C=O) groups excluding carboxylic acids is 2. The number of hydrogen-bond acceptors (Lipinski definition) is 5. The van der Waals surface area contributed by atoms with E-state index in [0.717, 1.165) is 15.5 Å². The molecule has 0 spiro atoms. The van der Waals surface area contributed by atoms with Gasteiger partial charge in [0.2, 0.25) is 0 Å². The molecule has 6 nitrogen and oxygen atoms in total. The van der Waals surface area contributed by atoms with Gasteiger partial charge in [0.1, 0.15) is 0 Å². The van der Waals surface area contributed by atoms with Crippen LogP contribution >= 0.6 is 0 Å². The van der Waals surface area contributed by atoms with Crippen molar-refractivity contribution in [3.05, 3.63) is 82.9 Å². The van der Waals surface area contributed by atoms with Crippen LogP contribution in [0.1, 0.15) is 35.5 Å². The first-order valence-electron chi connectivity index (χ1n) is 10.2. The van der Waals surface area contributed by atoms with E-state index < -0.39 is 17.2 Å². The fourth-order valence-electron chi connectivity index (χ4n) is 4.16. The summed E-state index contributed by atoms with van der Waals surface area (Å²) < 4.78 is 22.1. The fraction of sp³-hybridized carbons (Fsp3) is 0.250. The molecule has 32 heavy (non-hydrogen) atoms. The molecule has 1 aliphatic heterocycles. The molecule has 162 valence electrons. The summed E-state index contributed by atoms with van der Waals surface area (Å²) in [6.45, 7) is 4.22. The summed E-state index contributed by atoms with van der Waals surface area (Å²) in [5.74, 6) is -1.08. The first-order valence-corrected chi connectivity index (χ1v) is 12.3. The number of fused-ring (bicyclic) bond motifs is 2. The predicted octanol–water partition coefficient (Wildman–Crippen LogP) is 2.55. The zero-order valence-corrected chi connectivity index (χ0v) is 19.3. The standard InChI is InChI=1S/C24H20FN3O3Se/c1-24(2)19(20-22(30)21(29)17-5-3-4-6-18(17)23(20)31-24)12-28-11-15(26-27-28)13-32-16-9-7-14(25)8-10-16/h3-11,19H,12-13H2,1-2H3. The Morgan fingerprint density at radius 1 is 1.06 bits per heavy atom. The van der Waals surface area contributed by atoms with E-state index in [9.17, 15) is 14.0 Å². The van der Waals surface area contributed by atoms with Crippen molar-refractivity contribution in [2.75, 3.05) is 0 Å². The summed E-state index contributed by atoms with van der Waals surface area (Å²) in [5, 5.41) is 9.22. The predicted molar refractivity (Wildman–Crippen MR) is 117 cm³/mol. The van der Waals surface area contributed by atoms with Gasteiger partial charge in [-0.2, -0.15) is 0 Å². The van der Waals surface area contributed by atoms with Crippen LogP contribution in [-0.4, -0.2) is 47.1 Å². The van der Waals surface area contributed by atoms with Crippen molar-refractivity contribution in [2.45, 2.75) is 31.3 Å². The van der Waals surface area contributed by atoms with Gasteiger partial charge in [0.05, 0.1) is 0 Å². The van der Waals surface area contributed by atoms with Crippen molar-refractivity contribution < 1.29 is 18.7 Å². The van der Waals surface area contributed by atoms with Gasteiger partial charge < -0.3 is 0 Å². The molecule has 0 saturated carbocycles. The molecule has 3 aromatic rings. The molecule has 2 heterocycles. The van der Waals surface area contributed by atoms with Gasteiger partial charge in [0, 0.05) is 0 Å². The van der Waals surface area contributed by atoms with Gasteiger partial charge in [-0.05, 0) is 0 Å². The van der Waals surface area contributed by atoms with E-state index in [2.05, 4.69) is 10.3 Å². The molecule has 0 saturated heterocycles. The van der Waals surface area contributed by atoms with Crippen LogP contribution < -0.4 is 4.46 Å². The molecule has 2 aromatic carbocycles. The number of hydrogen-bond donors (Lipinski definition) is 0. The Morgan fingerprint density at radius 2 is 1.78 bits per heavy atom. The molecule has 1 atom stereocenters. The number of aromatic nitrogens is 3. The molecule has 0 amide bonds. The zero-order chi connectivity index (χ0) is 22.5. The second-order valence-electron chi connectivity index (χ2n) is 8.38. The topological polar surface area (TPSA) is 74.1 Å². The fourth-order valence-corrected chi connectivity index (χ4v) is 5.79. The van der Waals surface area contributed by atoms with Gasteiger partial charge in [0.15, 0.2) is 0 Å². The summed E-state index contributed by atoms with van der Waals surface area (Å²) in [6, 6.07) is 13.6. The van der Waals surface area contributed by atoms with Crippen molar-refractivity contribution >= 4 is 36.7 Å². The Bertz CT molecular complexity index is 1260. The molecule has 0 fully saturated rings. The first-order chi connectivity index (χ1) is 15.3. The number of carbonyl (C=O) groups is 2. The summed E-state index contributed by atoms with van der Waals surface area (Å²) in [5.41, 5.74) is 1.63. The van der Waals surface area contributed by atoms with E-state index in [0.29, 0.717) is 29.0 Å². The molecule has 0 radical (unpaired) electrons. The third-order valence-corrected chi connectivity index (χ3v) is 8.01. The summed E-state index contributed by atoms with van der Waals surface area (Å²) in [4.78, 5) is 25.7. The molecular weight excluding hydrogens is 476 g/mol. The second kappa shape index (κ2) is 7.80.